The van der Waals surface area contributed by atoms with Gasteiger partial charge in [-0.3, -0.25) is 0 Å². The van der Waals surface area contributed by atoms with Crippen LogP contribution in [0, 0.1) is 13.8 Å². The Hall–Kier alpha value is -1.07. The van der Waals surface area contributed by atoms with Gasteiger partial charge in [-0.2, -0.15) is 0 Å². The molecule has 0 bridgehead atoms. The van der Waals surface area contributed by atoms with E-state index in [1.165, 1.54) is 11.1 Å². The average molecular weight is 371 g/mol. The first kappa shape index (κ1) is 13.4. The van der Waals surface area contributed by atoms with Gasteiger partial charge in [-0.05, 0) is 59.1 Å². The molecule has 0 radical (unpaired) electrons. The number of rotatable bonds is 2. The molecule has 0 spiro atoms. The van der Waals surface area contributed by atoms with Gasteiger partial charge in [0.25, 0.3) is 0 Å². The van der Waals surface area contributed by atoms with Gasteiger partial charge in [0.05, 0.1) is 5.69 Å². The summed E-state index contributed by atoms with van der Waals surface area (Å²) in [5, 5.41) is 3.23. The van der Waals surface area contributed by atoms with Gasteiger partial charge >= 0.3 is 0 Å². The van der Waals surface area contributed by atoms with Gasteiger partial charge in [0.1, 0.15) is 0 Å². The molecule has 0 aliphatic heterocycles. The molecule has 94 valence electrons. The molecule has 0 unspecified atom stereocenters. The zero-order chi connectivity index (χ0) is 13.3. The summed E-state index contributed by atoms with van der Waals surface area (Å²) in [6, 6.07) is 5.94. The predicted octanol–water partition coefficient (Wildman–Crippen LogP) is 4.55. The molecule has 0 amide bonds. The molecule has 0 saturated heterocycles. The van der Waals surface area contributed by atoms with E-state index in [1.807, 2.05) is 6.07 Å². The SMILES string of the molecule is Cc1cc(Nc2ncc(Br)cc2N)cc(C)c1Br. The zero-order valence-corrected chi connectivity index (χ0v) is 13.3. The summed E-state index contributed by atoms with van der Waals surface area (Å²) in [6.07, 6.45) is 1.72. The first-order valence-corrected chi connectivity index (χ1v) is 7.01. The van der Waals surface area contributed by atoms with Crippen LogP contribution in [0.4, 0.5) is 17.2 Å². The van der Waals surface area contributed by atoms with Crippen LogP contribution in [0.5, 0.6) is 0 Å². The lowest BCUT2D eigenvalue weighted by Crippen LogP contribution is -2.00. The lowest BCUT2D eigenvalue weighted by molar-refractivity contribution is 1.28. The summed E-state index contributed by atoms with van der Waals surface area (Å²) in [4.78, 5) is 4.26. The molecule has 0 aliphatic rings. The summed E-state index contributed by atoms with van der Waals surface area (Å²) in [5.74, 6) is 0.666. The number of nitrogens with zero attached hydrogens (tertiary/aromatic N) is 1. The Bertz CT molecular complexity index is 574. The van der Waals surface area contributed by atoms with E-state index >= 15 is 0 Å². The van der Waals surface area contributed by atoms with Crippen molar-refractivity contribution in [1.82, 2.24) is 4.98 Å². The maximum absolute atomic E-state index is 5.91. The predicted molar refractivity (Wildman–Crippen MR) is 83.2 cm³/mol. The minimum absolute atomic E-state index is 0.614. The second kappa shape index (κ2) is 5.28. The first-order valence-electron chi connectivity index (χ1n) is 5.42. The van der Waals surface area contributed by atoms with Crippen LogP contribution in [0.2, 0.25) is 0 Å². The third kappa shape index (κ3) is 2.84. The summed E-state index contributed by atoms with van der Waals surface area (Å²) in [7, 11) is 0. The van der Waals surface area contributed by atoms with Gasteiger partial charge < -0.3 is 11.1 Å². The highest BCUT2D eigenvalue weighted by Crippen LogP contribution is 2.28. The fourth-order valence-electron chi connectivity index (χ4n) is 1.71. The molecular formula is C13H13Br2N3. The number of aryl methyl sites for hydroxylation is 2. The second-order valence-corrected chi connectivity index (χ2v) is 5.85. The van der Waals surface area contributed by atoms with E-state index in [2.05, 4.69) is 68.1 Å². The largest absolute Gasteiger partial charge is 0.396 e. The number of aromatic nitrogens is 1. The standard InChI is InChI=1S/C13H13Br2N3/c1-7-3-10(4-8(2)12(7)15)18-13-11(16)5-9(14)6-17-13/h3-6H,16H2,1-2H3,(H,17,18). The topological polar surface area (TPSA) is 50.9 Å². The summed E-state index contributed by atoms with van der Waals surface area (Å²) < 4.78 is 2.00. The van der Waals surface area contributed by atoms with Crippen LogP contribution in [0.15, 0.2) is 33.3 Å². The average Bonchev–Trinajstić information content (AvgIpc) is 2.29. The van der Waals surface area contributed by atoms with Crippen LogP contribution in [0.25, 0.3) is 0 Å². The van der Waals surface area contributed by atoms with Crippen LogP contribution in [-0.4, -0.2) is 4.98 Å². The summed E-state index contributed by atoms with van der Waals surface area (Å²) in [5.41, 5.74) is 9.85. The lowest BCUT2D eigenvalue weighted by Gasteiger charge is -2.11. The van der Waals surface area contributed by atoms with Crippen molar-refractivity contribution in [2.75, 3.05) is 11.1 Å². The van der Waals surface area contributed by atoms with Gasteiger partial charge in [-0.1, -0.05) is 15.9 Å². The Balaban J connectivity index is 2.34. The third-order valence-corrected chi connectivity index (χ3v) is 4.27. The van der Waals surface area contributed by atoms with Crippen LogP contribution < -0.4 is 11.1 Å². The molecule has 0 fully saturated rings. The summed E-state index contributed by atoms with van der Waals surface area (Å²) in [6.45, 7) is 4.11. The zero-order valence-electron chi connectivity index (χ0n) is 10.1. The van der Waals surface area contributed by atoms with E-state index < -0.39 is 0 Å². The molecule has 0 atom stereocenters. The third-order valence-electron chi connectivity index (χ3n) is 2.58. The first-order chi connectivity index (χ1) is 8.47. The highest BCUT2D eigenvalue weighted by Gasteiger charge is 2.05. The maximum atomic E-state index is 5.91. The molecular weight excluding hydrogens is 358 g/mol. The van der Waals surface area contributed by atoms with Gasteiger partial charge in [0, 0.05) is 20.8 Å². The fourth-order valence-corrected chi connectivity index (χ4v) is 2.29. The smallest absolute Gasteiger partial charge is 0.153 e. The van der Waals surface area contributed by atoms with Gasteiger partial charge in [-0.15, -0.1) is 0 Å². The maximum Gasteiger partial charge on any atom is 0.153 e. The molecule has 1 aromatic carbocycles. The number of benzene rings is 1. The van der Waals surface area contributed by atoms with Gasteiger partial charge in [0.15, 0.2) is 5.82 Å². The Labute approximate surface area is 123 Å². The molecule has 0 aliphatic carbocycles. The highest BCUT2D eigenvalue weighted by molar-refractivity contribution is 9.10. The summed E-state index contributed by atoms with van der Waals surface area (Å²) >= 11 is 6.89. The molecule has 0 saturated carbocycles. The molecule has 2 aromatic rings. The fraction of sp³-hybridized carbons (Fsp3) is 0.154. The van der Waals surface area contributed by atoms with E-state index in [0.717, 1.165) is 14.6 Å². The van der Waals surface area contributed by atoms with Gasteiger partial charge in [-0.25, -0.2) is 4.98 Å². The van der Waals surface area contributed by atoms with E-state index in [0.29, 0.717) is 11.5 Å². The van der Waals surface area contributed by atoms with Crippen molar-refractivity contribution in [1.29, 1.82) is 0 Å². The van der Waals surface area contributed by atoms with Crippen molar-refractivity contribution in [3.63, 3.8) is 0 Å². The Morgan fingerprint density at radius 2 is 1.72 bits per heavy atom. The molecule has 1 heterocycles. The monoisotopic (exact) mass is 369 g/mol. The van der Waals surface area contributed by atoms with Crippen molar-refractivity contribution in [3.05, 3.63) is 44.5 Å². The number of hydrogen-bond donors (Lipinski definition) is 2. The molecule has 18 heavy (non-hydrogen) atoms. The normalized spacial score (nSPS) is 10.4. The Morgan fingerprint density at radius 3 is 2.28 bits per heavy atom. The molecule has 3 nitrogen and oxygen atoms in total. The number of hydrogen-bond acceptors (Lipinski definition) is 3. The number of halogens is 2. The van der Waals surface area contributed by atoms with Crippen LogP contribution in [0.1, 0.15) is 11.1 Å². The highest BCUT2D eigenvalue weighted by atomic mass is 79.9. The van der Waals surface area contributed by atoms with Crippen molar-refractivity contribution in [2.24, 2.45) is 0 Å². The minimum Gasteiger partial charge on any atom is -0.396 e. The number of pyridine rings is 1. The number of nitrogens with two attached hydrogens (primary N) is 1. The molecule has 5 heteroatoms. The molecule has 3 N–H and O–H groups in total. The van der Waals surface area contributed by atoms with Crippen molar-refractivity contribution in [2.45, 2.75) is 13.8 Å². The van der Waals surface area contributed by atoms with Crippen molar-refractivity contribution < 1.29 is 0 Å². The van der Waals surface area contributed by atoms with Crippen LogP contribution >= 0.6 is 31.9 Å². The van der Waals surface area contributed by atoms with Gasteiger partial charge in [0.2, 0.25) is 0 Å². The number of nitrogens with one attached hydrogen (secondary N) is 1. The molecule has 1 aromatic heterocycles. The van der Waals surface area contributed by atoms with Crippen molar-refractivity contribution in [3.8, 4) is 0 Å². The number of nitrogen functional groups attached to an aromatic ring is 1. The van der Waals surface area contributed by atoms with Crippen molar-refractivity contribution >= 4 is 49.1 Å². The lowest BCUT2D eigenvalue weighted by atomic mass is 10.1. The molecule has 2 rings (SSSR count). The van der Waals surface area contributed by atoms with E-state index in [-0.39, 0.29) is 0 Å². The minimum atomic E-state index is 0.614. The van der Waals surface area contributed by atoms with Crippen LogP contribution in [-0.2, 0) is 0 Å². The quantitative estimate of drug-likeness (QED) is 0.815. The Kier molecular flexibility index (Phi) is 3.92. The van der Waals surface area contributed by atoms with Crippen LogP contribution in [0.3, 0.4) is 0 Å². The van der Waals surface area contributed by atoms with E-state index in [4.69, 9.17) is 5.73 Å². The van der Waals surface area contributed by atoms with E-state index in [1.54, 1.807) is 6.20 Å². The Morgan fingerprint density at radius 1 is 1.11 bits per heavy atom. The number of anilines is 3. The second-order valence-electron chi connectivity index (χ2n) is 4.14. The van der Waals surface area contributed by atoms with E-state index in [9.17, 15) is 0 Å².